The Labute approximate surface area is 220 Å². The first-order valence-electron chi connectivity index (χ1n) is 12.1. The van der Waals surface area contributed by atoms with Crippen LogP contribution in [-0.4, -0.2) is 68.2 Å². The monoisotopic (exact) mass is 534 g/mol. The summed E-state index contributed by atoms with van der Waals surface area (Å²) in [5.74, 6) is 0.0134. The molecule has 0 unspecified atom stereocenters. The second kappa shape index (κ2) is 13.3. The molecular formula is C25H31ClN4O7. The van der Waals surface area contributed by atoms with E-state index in [1.54, 1.807) is 12.1 Å². The van der Waals surface area contributed by atoms with Crippen LogP contribution >= 0.6 is 11.6 Å². The minimum atomic E-state index is -0.435. The highest BCUT2D eigenvalue weighted by atomic mass is 35.5. The van der Waals surface area contributed by atoms with E-state index in [4.69, 9.17) is 21.1 Å². The number of hydrogen-bond donors (Lipinski definition) is 0. The maximum absolute atomic E-state index is 11.9. The molecule has 2 saturated heterocycles. The standard InChI is InChI=1S/C15H20N2O4.C10H11ClN2O3/c1-11(2)15(18)9-12-7-13(10-14(8-12)17(19)20)16-3-5-21-6-4-16;11-8-5-9(7-10(6-8)13(14)15)12-1-3-16-4-2-12/h7-8,10-11H,3-6,9H2,1-2H3;5-7H,1-4H2. The lowest BCUT2D eigenvalue weighted by Gasteiger charge is -2.29. The number of carbonyl (C=O) groups excluding carboxylic acids is 1. The predicted molar refractivity (Wildman–Crippen MR) is 141 cm³/mol. The largest absolute Gasteiger partial charge is 0.378 e. The molecule has 2 aromatic carbocycles. The van der Waals surface area contributed by atoms with Crippen LogP contribution in [0, 0.1) is 26.1 Å². The van der Waals surface area contributed by atoms with E-state index < -0.39 is 9.85 Å². The molecule has 0 aliphatic carbocycles. The molecule has 200 valence electrons. The Morgan fingerprint density at radius 1 is 0.838 bits per heavy atom. The van der Waals surface area contributed by atoms with E-state index >= 15 is 0 Å². The maximum Gasteiger partial charge on any atom is 0.272 e. The van der Waals surface area contributed by atoms with E-state index in [2.05, 4.69) is 4.90 Å². The SMILES string of the molecule is CC(C)C(=O)Cc1cc(N2CCOCC2)cc([N+](=O)[O-])c1.O=[N+]([O-])c1cc(Cl)cc(N2CCOCC2)c1. The molecule has 0 aromatic heterocycles. The summed E-state index contributed by atoms with van der Waals surface area (Å²) in [5.41, 5.74) is 2.32. The summed E-state index contributed by atoms with van der Waals surface area (Å²) in [6.45, 7) is 9.06. The number of halogens is 1. The summed E-state index contributed by atoms with van der Waals surface area (Å²) >= 11 is 5.85. The highest BCUT2D eigenvalue weighted by Gasteiger charge is 2.19. The number of hydrogen-bond acceptors (Lipinski definition) is 9. The third kappa shape index (κ3) is 8.38. The van der Waals surface area contributed by atoms with Gasteiger partial charge in [-0.05, 0) is 17.7 Å². The van der Waals surface area contributed by atoms with Crippen LogP contribution in [-0.2, 0) is 20.7 Å². The molecule has 0 radical (unpaired) electrons. The average Bonchev–Trinajstić information content (AvgIpc) is 2.89. The quantitative estimate of drug-likeness (QED) is 0.377. The van der Waals surface area contributed by atoms with Crippen molar-refractivity contribution in [2.24, 2.45) is 5.92 Å². The molecule has 2 aromatic rings. The summed E-state index contributed by atoms with van der Waals surface area (Å²) in [5, 5.41) is 22.2. The maximum atomic E-state index is 11.9. The van der Waals surface area contributed by atoms with Gasteiger partial charge in [-0.1, -0.05) is 25.4 Å². The zero-order chi connectivity index (χ0) is 26.9. The number of ether oxygens (including phenoxy) is 2. The van der Waals surface area contributed by atoms with Crippen molar-refractivity contribution < 1.29 is 24.1 Å². The zero-order valence-electron chi connectivity index (χ0n) is 20.9. The van der Waals surface area contributed by atoms with Crippen LogP contribution < -0.4 is 9.80 Å². The van der Waals surface area contributed by atoms with Crippen LogP contribution in [0.1, 0.15) is 19.4 Å². The van der Waals surface area contributed by atoms with Gasteiger partial charge in [-0.2, -0.15) is 0 Å². The number of nitrogens with zero attached hydrogens (tertiary/aromatic N) is 4. The van der Waals surface area contributed by atoms with Gasteiger partial charge in [-0.3, -0.25) is 25.0 Å². The van der Waals surface area contributed by atoms with Crippen molar-refractivity contribution in [3.05, 3.63) is 67.2 Å². The molecule has 4 rings (SSSR count). The summed E-state index contributed by atoms with van der Waals surface area (Å²) in [7, 11) is 0. The number of benzene rings is 2. The first-order valence-corrected chi connectivity index (χ1v) is 12.4. The molecule has 2 fully saturated rings. The van der Waals surface area contributed by atoms with Crippen molar-refractivity contribution >= 4 is 40.1 Å². The average molecular weight is 535 g/mol. The van der Waals surface area contributed by atoms with Gasteiger partial charge in [0.1, 0.15) is 5.78 Å². The lowest BCUT2D eigenvalue weighted by atomic mass is 10.00. The van der Waals surface area contributed by atoms with Crippen LogP contribution in [0.2, 0.25) is 5.02 Å². The second-order valence-corrected chi connectivity index (χ2v) is 9.47. The van der Waals surface area contributed by atoms with E-state index in [0.717, 1.165) is 24.5 Å². The highest BCUT2D eigenvalue weighted by molar-refractivity contribution is 6.31. The molecule has 2 aliphatic rings. The number of rotatable bonds is 7. The van der Waals surface area contributed by atoms with Gasteiger partial charge in [0, 0.05) is 79.2 Å². The van der Waals surface area contributed by atoms with E-state index in [0.29, 0.717) is 50.1 Å². The van der Waals surface area contributed by atoms with Gasteiger partial charge in [-0.15, -0.1) is 0 Å². The second-order valence-electron chi connectivity index (χ2n) is 9.04. The molecule has 0 atom stereocenters. The summed E-state index contributed by atoms with van der Waals surface area (Å²) in [4.78, 5) is 36.9. The summed E-state index contributed by atoms with van der Waals surface area (Å²) < 4.78 is 10.5. The van der Waals surface area contributed by atoms with Crippen molar-refractivity contribution in [1.29, 1.82) is 0 Å². The Morgan fingerprint density at radius 3 is 1.76 bits per heavy atom. The molecule has 0 amide bonds. The number of ketones is 1. The number of Topliss-reactive ketones (excluding diaryl/α,β-unsaturated/α-hetero) is 1. The zero-order valence-corrected chi connectivity index (χ0v) is 21.7. The number of non-ortho nitro benzene ring substituents is 2. The molecule has 11 nitrogen and oxygen atoms in total. The first-order chi connectivity index (χ1) is 17.6. The van der Waals surface area contributed by atoms with Crippen LogP contribution in [0.4, 0.5) is 22.7 Å². The smallest absolute Gasteiger partial charge is 0.272 e. The Balaban J connectivity index is 0.000000213. The number of morpholine rings is 2. The fourth-order valence-electron chi connectivity index (χ4n) is 3.94. The van der Waals surface area contributed by atoms with Gasteiger partial charge in [0.15, 0.2) is 0 Å². The minimum Gasteiger partial charge on any atom is -0.378 e. The van der Waals surface area contributed by atoms with Gasteiger partial charge in [0.25, 0.3) is 11.4 Å². The number of carbonyl (C=O) groups is 1. The lowest BCUT2D eigenvalue weighted by Crippen LogP contribution is -2.36. The van der Waals surface area contributed by atoms with Gasteiger partial charge < -0.3 is 19.3 Å². The predicted octanol–water partition coefficient (Wildman–Crippen LogP) is 4.28. The van der Waals surface area contributed by atoms with Gasteiger partial charge in [0.2, 0.25) is 0 Å². The fourth-order valence-corrected chi connectivity index (χ4v) is 4.17. The van der Waals surface area contributed by atoms with Crippen LogP contribution in [0.25, 0.3) is 0 Å². The third-order valence-corrected chi connectivity index (χ3v) is 6.24. The number of anilines is 2. The van der Waals surface area contributed by atoms with E-state index in [1.165, 1.54) is 18.2 Å². The normalized spacial score (nSPS) is 15.7. The number of nitro groups is 2. The Kier molecular flexibility index (Phi) is 10.2. The van der Waals surface area contributed by atoms with Crippen molar-refractivity contribution in [2.45, 2.75) is 20.3 Å². The first kappa shape index (κ1) is 28.3. The van der Waals surface area contributed by atoms with E-state index in [1.807, 2.05) is 24.8 Å². The van der Waals surface area contributed by atoms with Gasteiger partial charge in [-0.25, -0.2) is 0 Å². The van der Waals surface area contributed by atoms with Crippen molar-refractivity contribution in [3.63, 3.8) is 0 Å². The molecule has 2 heterocycles. The molecule has 0 N–H and O–H groups in total. The molecular weight excluding hydrogens is 504 g/mol. The van der Waals surface area contributed by atoms with E-state index in [-0.39, 0.29) is 29.5 Å². The Hall–Kier alpha value is -3.28. The fraction of sp³-hybridized carbons (Fsp3) is 0.480. The van der Waals surface area contributed by atoms with Crippen molar-refractivity contribution in [2.75, 3.05) is 62.4 Å². The van der Waals surface area contributed by atoms with Crippen LogP contribution in [0.3, 0.4) is 0 Å². The van der Waals surface area contributed by atoms with Crippen molar-refractivity contribution in [1.82, 2.24) is 0 Å². The van der Waals surface area contributed by atoms with Crippen LogP contribution in [0.15, 0.2) is 36.4 Å². The minimum absolute atomic E-state index is 0.0222. The lowest BCUT2D eigenvalue weighted by molar-refractivity contribution is -0.385. The Morgan fingerprint density at radius 2 is 1.30 bits per heavy atom. The van der Waals surface area contributed by atoms with Crippen molar-refractivity contribution in [3.8, 4) is 0 Å². The molecule has 0 saturated carbocycles. The molecule has 0 spiro atoms. The number of nitro benzene ring substituents is 2. The van der Waals surface area contributed by atoms with E-state index in [9.17, 15) is 25.0 Å². The van der Waals surface area contributed by atoms with Gasteiger partial charge >= 0.3 is 0 Å². The Bertz CT molecular complexity index is 1120. The van der Waals surface area contributed by atoms with Crippen LogP contribution in [0.5, 0.6) is 0 Å². The highest BCUT2D eigenvalue weighted by Crippen LogP contribution is 2.28. The topological polar surface area (TPSA) is 128 Å². The molecule has 37 heavy (non-hydrogen) atoms. The van der Waals surface area contributed by atoms with Gasteiger partial charge in [0.05, 0.1) is 36.3 Å². The molecule has 12 heteroatoms. The molecule has 0 bridgehead atoms. The summed E-state index contributed by atoms with van der Waals surface area (Å²) in [6, 6.07) is 9.56. The third-order valence-electron chi connectivity index (χ3n) is 6.03. The summed E-state index contributed by atoms with van der Waals surface area (Å²) in [6.07, 6.45) is 0.233. The molecule has 2 aliphatic heterocycles.